The van der Waals surface area contributed by atoms with E-state index in [0.717, 1.165) is 11.3 Å². The number of carbonyl (C=O) groups is 1. The van der Waals surface area contributed by atoms with E-state index < -0.39 is 0 Å². The highest BCUT2D eigenvalue weighted by Crippen LogP contribution is 2.25. The third kappa shape index (κ3) is 4.20. The number of rotatable bonds is 7. The molecule has 0 saturated carbocycles. The van der Waals surface area contributed by atoms with Crippen molar-refractivity contribution < 1.29 is 9.53 Å². The van der Waals surface area contributed by atoms with Crippen molar-refractivity contribution >= 4 is 17.7 Å². The van der Waals surface area contributed by atoms with E-state index in [1.165, 1.54) is 11.8 Å². The Bertz CT molecular complexity index is 869. The van der Waals surface area contributed by atoms with Gasteiger partial charge in [0.1, 0.15) is 11.4 Å². The van der Waals surface area contributed by atoms with E-state index in [1.807, 2.05) is 61.5 Å². The number of amides is 1. The van der Waals surface area contributed by atoms with Crippen molar-refractivity contribution in [2.24, 2.45) is 0 Å². The molecule has 0 bridgehead atoms. The topological polar surface area (TPSA) is 81.9 Å². The van der Waals surface area contributed by atoms with Gasteiger partial charge in [0.25, 0.3) is 0 Å². The van der Waals surface area contributed by atoms with E-state index in [4.69, 9.17) is 4.74 Å². The standard InChI is InChI=1S/C18H19N5O2S/c1-13(14-8-4-3-5-9-14)19-17(24)12-26-18-20-21-22-23(18)15-10-6-7-11-16(15)25-2/h3-11,13H,12H2,1-2H3,(H,19,24). The minimum absolute atomic E-state index is 0.0606. The van der Waals surface area contributed by atoms with Crippen LogP contribution in [-0.4, -0.2) is 39.0 Å². The van der Waals surface area contributed by atoms with Crippen LogP contribution in [0.15, 0.2) is 59.8 Å². The van der Waals surface area contributed by atoms with E-state index in [1.54, 1.807) is 11.8 Å². The van der Waals surface area contributed by atoms with Gasteiger partial charge in [0.15, 0.2) is 0 Å². The van der Waals surface area contributed by atoms with E-state index in [9.17, 15) is 4.79 Å². The van der Waals surface area contributed by atoms with Gasteiger partial charge >= 0.3 is 0 Å². The quantitative estimate of drug-likeness (QED) is 0.645. The molecular formula is C18H19N5O2S. The second kappa shape index (κ2) is 8.48. The van der Waals surface area contributed by atoms with Crippen molar-refractivity contribution in [1.29, 1.82) is 0 Å². The highest BCUT2D eigenvalue weighted by molar-refractivity contribution is 7.99. The second-order valence-electron chi connectivity index (χ2n) is 5.53. The maximum Gasteiger partial charge on any atom is 0.230 e. The first-order valence-corrected chi connectivity index (χ1v) is 9.06. The van der Waals surface area contributed by atoms with Crippen molar-refractivity contribution in [3.63, 3.8) is 0 Å². The first-order valence-electron chi connectivity index (χ1n) is 8.08. The highest BCUT2D eigenvalue weighted by Gasteiger charge is 2.15. The van der Waals surface area contributed by atoms with Crippen LogP contribution in [0.3, 0.4) is 0 Å². The van der Waals surface area contributed by atoms with E-state index in [2.05, 4.69) is 20.8 Å². The molecule has 8 heteroatoms. The average molecular weight is 369 g/mol. The third-order valence-corrected chi connectivity index (χ3v) is 4.68. The van der Waals surface area contributed by atoms with Crippen LogP contribution < -0.4 is 10.1 Å². The molecule has 1 N–H and O–H groups in total. The molecular weight excluding hydrogens is 350 g/mol. The number of benzene rings is 2. The summed E-state index contributed by atoms with van der Waals surface area (Å²) in [4.78, 5) is 12.3. The number of methoxy groups -OCH3 is 1. The van der Waals surface area contributed by atoms with Crippen molar-refractivity contribution in [2.75, 3.05) is 12.9 Å². The minimum atomic E-state index is -0.0825. The molecule has 0 aliphatic rings. The van der Waals surface area contributed by atoms with E-state index >= 15 is 0 Å². The van der Waals surface area contributed by atoms with Gasteiger partial charge in [-0.1, -0.05) is 54.2 Å². The molecule has 3 rings (SSSR count). The molecule has 0 fully saturated rings. The summed E-state index contributed by atoms with van der Waals surface area (Å²) in [6.07, 6.45) is 0. The maximum atomic E-state index is 12.3. The van der Waals surface area contributed by atoms with Crippen LogP contribution in [0.4, 0.5) is 0 Å². The molecule has 3 aromatic rings. The van der Waals surface area contributed by atoms with Gasteiger partial charge in [-0.15, -0.1) is 5.10 Å². The van der Waals surface area contributed by atoms with Crippen LogP contribution >= 0.6 is 11.8 Å². The van der Waals surface area contributed by atoms with E-state index in [0.29, 0.717) is 10.9 Å². The average Bonchev–Trinajstić information content (AvgIpc) is 3.15. The van der Waals surface area contributed by atoms with Gasteiger partial charge in [-0.25, -0.2) is 0 Å². The molecule has 0 spiro atoms. The second-order valence-corrected chi connectivity index (χ2v) is 6.48. The molecule has 1 amide bonds. The molecule has 1 atom stereocenters. The zero-order valence-electron chi connectivity index (χ0n) is 14.5. The normalized spacial score (nSPS) is 11.8. The lowest BCUT2D eigenvalue weighted by molar-refractivity contribution is -0.119. The first-order chi connectivity index (χ1) is 12.7. The predicted octanol–water partition coefficient (Wildman–Crippen LogP) is 2.64. The summed E-state index contributed by atoms with van der Waals surface area (Å²) in [6, 6.07) is 17.2. The predicted molar refractivity (Wildman–Crippen MR) is 99.4 cm³/mol. The van der Waals surface area contributed by atoms with Gasteiger partial charge in [0.05, 0.1) is 18.9 Å². The fourth-order valence-corrected chi connectivity index (χ4v) is 3.16. The number of carbonyl (C=O) groups excluding carboxylic acids is 1. The number of hydrogen-bond donors (Lipinski definition) is 1. The number of ether oxygens (including phenoxy) is 1. The van der Waals surface area contributed by atoms with Gasteiger partial charge < -0.3 is 10.1 Å². The number of para-hydroxylation sites is 2. The summed E-state index contributed by atoms with van der Waals surface area (Å²) in [7, 11) is 1.59. The van der Waals surface area contributed by atoms with Crippen LogP contribution in [0.25, 0.3) is 5.69 Å². The van der Waals surface area contributed by atoms with Crippen molar-refractivity contribution in [1.82, 2.24) is 25.5 Å². The van der Waals surface area contributed by atoms with Crippen molar-refractivity contribution in [3.05, 3.63) is 60.2 Å². The molecule has 26 heavy (non-hydrogen) atoms. The fourth-order valence-electron chi connectivity index (χ4n) is 2.46. The summed E-state index contributed by atoms with van der Waals surface area (Å²) in [5.74, 6) is 0.789. The zero-order valence-corrected chi connectivity index (χ0v) is 15.3. The molecule has 1 unspecified atom stereocenters. The Balaban J connectivity index is 1.64. The lowest BCUT2D eigenvalue weighted by Crippen LogP contribution is -2.28. The Morgan fingerprint density at radius 1 is 1.19 bits per heavy atom. The van der Waals surface area contributed by atoms with Crippen LogP contribution in [0, 0.1) is 0 Å². The molecule has 134 valence electrons. The lowest BCUT2D eigenvalue weighted by Gasteiger charge is -2.14. The Morgan fingerprint density at radius 3 is 2.69 bits per heavy atom. The smallest absolute Gasteiger partial charge is 0.230 e. The van der Waals surface area contributed by atoms with Gasteiger partial charge in [-0.2, -0.15) is 4.68 Å². The molecule has 0 radical (unpaired) electrons. The molecule has 0 saturated heterocycles. The van der Waals surface area contributed by atoms with Crippen molar-refractivity contribution in [2.45, 2.75) is 18.1 Å². The number of tetrazole rings is 1. The molecule has 7 nitrogen and oxygen atoms in total. The van der Waals surface area contributed by atoms with Gasteiger partial charge in [0.2, 0.25) is 11.1 Å². The number of nitrogens with one attached hydrogen (secondary N) is 1. The number of thioether (sulfide) groups is 1. The lowest BCUT2D eigenvalue weighted by atomic mass is 10.1. The molecule has 2 aromatic carbocycles. The monoisotopic (exact) mass is 369 g/mol. The van der Waals surface area contributed by atoms with Gasteiger partial charge in [-0.05, 0) is 35.0 Å². The summed E-state index contributed by atoms with van der Waals surface area (Å²) >= 11 is 1.27. The summed E-state index contributed by atoms with van der Waals surface area (Å²) in [5.41, 5.74) is 1.78. The Hall–Kier alpha value is -2.87. The summed E-state index contributed by atoms with van der Waals surface area (Å²) in [6.45, 7) is 1.96. The SMILES string of the molecule is COc1ccccc1-n1nnnc1SCC(=O)NC(C)c1ccccc1. The van der Waals surface area contributed by atoms with Gasteiger partial charge in [0, 0.05) is 0 Å². The molecule has 0 aliphatic carbocycles. The fraction of sp³-hybridized carbons (Fsp3) is 0.222. The Kier molecular flexibility index (Phi) is 5.85. The number of nitrogens with zero attached hydrogens (tertiary/aromatic N) is 4. The molecule has 1 heterocycles. The van der Waals surface area contributed by atoms with Crippen LogP contribution in [0.1, 0.15) is 18.5 Å². The minimum Gasteiger partial charge on any atom is -0.494 e. The summed E-state index contributed by atoms with van der Waals surface area (Å²) in [5, 5.41) is 15.2. The summed E-state index contributed by atoms with van der Waals surface area (Å²) < 4.78 is 6.91. The maximum absolute atomic E-state index is 12.3. The number of hydrogen-bond acceptors (Lipinski definition) is 6. The first kappa shape index (κ1) is 17.9. The number of aromatic nitrogens is 4. The molecule has 1 aromatic heterocycles. The van der Waals surface area contributed by atoms with Crippen molar-refractivity contribution in [3.8, 4) is 11.4 Å². The molecule has 0 aliphatic heterocycles. The third-order valence-electron chi connectivity index (χ3n) is 3.76. The largest absolute Gasteiger partial charge is 0.494 e. The van der Waals surface area contributed by atoms with E-state index in [-0.39, 0.29) is 17.7 Å². The van der Waals surface area contributed by atoms with Gasteiger partial charge in [-0.3, -0.25) is 4.79 Å². The highest BCUT2D eigenvalue weighted by atomic mass is 32.2. The zero-order chi connectivity index (χ0) is 18.4. The van der Waals surface area contributed by atoms with Crippen LogP contribution in [0.5, 0.6) is 5.75 Å². The van der Waals surface area contributed by atoms with Crippen LogP contribution in [0.2, 0.25) is 0 Å². The Morgan fingerprint density at radius 2 is 1.92 bits per heavy atom. The van der Waals surface area contributed by atoms with Crippen LogP contribution in [-0.2, 0) is 4.79 Å². The Labute approximate surface area is 155 Å².